The molecule has 1 aromatic carbocycles. The summed E-state index contributed by atoms with van der Waals surface area (Å²) in [5.74, 6) is 1.17. The molecule has 0 spiro atoms. The molecule has 1 fully saturated rings. The molecule has 1 atom stereocenters. The van der Waals surface area contributed by atoms with Crippen molar-refractivity contribution >= 4 is 23.5 Å². The van der Waals surface area contributed by atoms with Crippen LogP contribution in [0, 0.1) is 12.7 Å². The van der Waals surface area contributed by atoms with Gasteiger partial charge in [0.25, 0.3) is 5.91 Å². The van der Waals surface area contributed by atoms with E-state index in [0.29, 0.717) is 18.2 Å². The van der Waals surface area contributed by atoms with Crippen molar-refractivity contribution < 1.29 is 13.9 Å². The lowest BCUT2D eigenvalue weighted by atomic mass is 10.1. The Kier molecular flexibility index (Phi) is 6.91. The minimum atomic E-state index is -0.310. The van der Waals surface area contributed by atoms with E-state index in [4.69, 9.17) is 9.72 Å². The summed E-state index contributed by atoms with van der Waals surface area (Å²) in [4.78, 5) is 19.8. The first-order valence-corrected chi connectivity index (χ1v) is 10.5. The quantitative estimate of drug-likeness (QED) is 0.713. The van der Waals surface area contributed by atoms with Crippen molar-refractivity contribution in [2.45, 2.75) is 37.9 Å². The lowest BCUT2D eigenvalue weighted by Crippen LogP contribution is -2.33. The summed E-state index contributed by atoms with van der Waals surface area (Å²) in [7, 11) is 2.02. The number of aromatic nitrogens is 1. The molecule has 1 unspecified atom stereocenters. The van der Waals surface area contributed by atoms with Crippen molar-refractivity contribution in [3.05, 3.63) is 52.8 Å². The van der Waals surface area contributed by atoms with Crippen molar-refractivity contribution in [1.82, 2.24) is 10.3 Å². The number of rotatable bonds is 7. The van der Waals surface area contributed by atoms with Gasteiger partial charge in [-0.25, -0.2) is 9.37 Å². The van der Waals surface area contributed by atoms with E-state index in [1.165, 1.54) is 12.1 Å². The Morgan fingerprint density at radius 1 is 1.43 bits per heavy atom. The van der Waals surface area contributed by atoms with Gasteiger partial charge in [0.05, 0.1) is 18.2 Å². The largest absolute Gasteiger partial charge is 0.379 e. The summed E-state index contributed by atoms with van der Waals surface area (Å²) in [6.07, 6.45) is 0.976. The maximum Gasteiger partial charge on any atom is 0.254 e. The SMILES string of the molecule is CCSc1nc(N(C)C2CCOC2)cc(C)c1C(=O)NCc1cccc(F)c1. The van der Waals surface area contributed by atoms with Crippen LogP contribution in [0.5, 0.6) is 0 Å². The summed E-state index contributed by atoms with van der Waals surface area (Å²) in [5.41, 5.74) is 2.19. The predicted octanol–water partition coefficient (Wildman–Crippen LogP) is 3.80. The predicted molar refractivity (Wildman–Crippen MR) is 111 cm³/mol. The van der Waals surface area contributed by atoms with E-state index in [-0.39, 0.29) is 18.3 Å². The van der Waals surface area contributed by atoms with Crippen LogP contribution in [-0.4, -0.2) is 42.9 Å². The van der Waals surface area contributed by atoms with Gasteiger partial charge >= 0.3 is 0 Å². The van der Waals surface area contributed by atoms with Crippen molar-refractivity contribution in [3.63, 3.8) is 0 Å². The molecule has 5 nitrogen and oxygen atoms in total. The van der Waals surface area contributed by atoms with Crippen molar-refractivity contribution in [2.24, 2.45) is 0 Å². The second-order valence-electron chi connectivity index (χ2n) is 6.85. The summed E-state index contributed by atoms with van der Waals surface area (Å²) in [6.45, 7) is 5.71. The molecule has 0 bridgehead atoms. The first-order valence-electron chi connectivity index (χ1n) is 9.47. The topological polar surface area (TPSA) is 54.5 Å². The van der Waals surface area contributed by atoms with Crippen LogP contribution >= 0.6 is 11.8 Å². The number of likely N-dealkylation sites (N-methyl/N-ethyl adjacent to an activating group) is 1. The van der Waals surface area contributed by atoms with Gasteiger partial charge in [-0.3, -0.25) is 4.79 Å². The van der Waals surface area contributed by atoms with E-state index in [9.17, 15) is 9.18 Å². The zero-order valence-electron chi connectivity index (χ0n) is 16.5. The van der Waals surface area contributed by atoms with Gasteiger partial charge in [-0.05, 0) is 48.4 Å². The molecule has 0 aliphatic carbocycles. The van der Waals surface area contributed by atoms with Gasteiger partial charge in [-0.1, -0.05) is 19.1 Å². The molecule has 3 rings (SSSR count). The van der Waals surface area contributed by atoms with Crippen molar-refractivity contribution in [2.75, 3.05) is 30.9 Å². The Labute approximate surface area is 169 Å². The Morgan fingerprint density at radius 3 is 2.93 bits per heavy atom. The monoisotopic (exact) mass is 403 g/mol. The number of halogens is 1. The number of nitrogens with zero attached hydrogens (tertiary/aromatic N) is 2. The lowest BCUT2D eigenvalue weighted by Gasteiger charge is -2.26. The van der Waals surface area contributed by atoms with Gasteiger partial charge in [0, 0.05) is 20.2 Å². The molecule has 7 heteroatoms. The van der Waals surface area contributed by atoms with Gasteiger partial charge in [0.2, 0.25) is 0 Å². The van der Waals surface area contributed by atoms with E-state index in [0.717, 1.165) is 40.8 Å². The van der Waals surface area contributed by atoms with Crippen molar-refractivity contribution in [3.8, 4) is 0 Å². The molecule has 1 aromatic heterocycles. The standard InChI is InChI=1S/C21H26FN3O2S/c1-4-28-21-19(20(26)23-12-15-6-5-7-16(22)11-15)14(2)10-18(24-21)25(3)17-8-9-27-13-17/h5-7,10-11,17H,4,8-9,12-13H2,1-3H3,(H,23,26). The van der Waals surface area contributed by atoms with E-state index in [2.05, 4.69) is 10.2 Å². The number of amides is 1. The number of nitrogens with one attached hydrogen (secondary N) is 1. The average Bonchev–Trinajstić information content (AvgIpc) is 3.20. The van der Waals surface area contributed by atoms with Gasteiger partial charge < -0.3 is 15.0 Å². The molecule has 1 N–H and O–H groups in total. The normalized spacial score (nSPS) is 16.2. The first kappa shape index (κ1) is 20.6. The zero-order valence-corrected chi connectivity index (χ0v) is 17.3. The van der Waals surface area contributed by atoms with Crippen LogP contribution in [-0.2, 0) is 11.3 Å². The van der Waals surface area contributed by atoms with E-state index < -0.39 is 0 Å². The molecule has 2 aromatic rings. The Balaban J connectivity index is 1.81. The Hall–Kier alpha value is -2.12. The molecule has 28 heavy (non-hydrogen) atoms. The first-order chi connectivity index (χ1) is 13.5. The van der Waals surface area contributed by atoms with Gasteiger partial charge in [-0.15, -0.1) is 11.8 Å². The Morgan fingerprint density at radius 2 is 2.25 bits per heavy atom. The summed E-state index contributed by atoms with van der Waals surface area (Å²) >= 11 is 1.55. The molecular formula is C21H26FN3O2S. The highest BCUT2D eigenvalue weighted by Gasteiger charge is 2.24. The summed E-state index contributed by atoms with van der Waals surface area (Å²) < 4.78 is 18.8. The van der Waals surface area contributed by atoms with Gasteiger partial charge in [-0.2, -0.15) is 0 Å². The number of benzene rings is 1. The number of carbonyl (C=O) groups is 1. The van der Waals surface area contributed by atoms with Crippen LogP contribution in [0.25, 0.3) is 0 Å². The molecule has 0 radical (unpaired) electrons. The highest BCUT2D eigenvalue weighted by Crippen LogP contribution is 2.29. The van der Waals surface area contributed by atoms with E-state index in [1.807, 2.05) is 27.0 Å². The highest BCUT2D eigenvalue weighted by molar-refractivity contribution is 7.99. The lowest BCUT2D eigenvalue weighted by molar-refractivity contribution is 0.0946. The fraction of sp³-hybridized carbons (Fsp3) is 0.429. The van der Waals surface area contributed by atoms with Gasteiger partial charge in [0.15, 0.2) is 0 Å². The third-order valence-corrected chi connectivity index (χ3v) is 5.69. The average molecular weight is 404 g/mol. The highest BCUT2D eigenvalue weighted by atomic mass is 32.2. The molecule has 150 valence electrons. The maximum absolute atomic E-state index is 13.4. The molecule has 1 amide bonds. The fourth-order valence-electron chi connectivity index (χ4n) is 3.26. The summed E-state index contributed by atoms with van der Waals surface area (Å²) in [5, 5.41) is 3.62. The second-order valence-corrected chi connectivity index (χ2v) is 8.10. The smallest absolute Gasteiger partial charge is 0.254 e. The second kappa shape index (κ2) is 9.39. The number of hydrogen-bond acceptors (Lipinski definition) is 5. The van der Waals surface area contributed by atoms with Crippen molar-refractivity contribution in [1.29, 1.82) is 0 Å². The summed E-state index contributed by atoms with van der Waals surface area (Å²) in [6, 6.07) is 8.50. The third kappa shape index (κ3) is 4.83. The number of pyridine rings is 1. The minimum absolute atomic E-state index is 0.191. The zero-order chi connectivity index (χ0) is 20.1. The van der Waals surface area contributed by atoms with Crippen LogP contribution in [0.2, 0.25) is 0 Å². The molecule has 1 aliphatic heterocycles. The van der Waals surface area contributed by atoms with E-state index in [1.54, 1.807) is 23.9 Å². The molecular weight excluding hydrogens is 377 g/mol. The van der Waals surface area contributed by atoms with Crippen LogP contribution in [0.15, 0.2) is 35.4 Å². The maximum atomic E-state index is 13.4. The number of carbonyl (C=O) groups excluding carboxylic acids is 1. The molecule has 1 saturated heterocycles. The fourth-order valence-corrected chi connectivity index (χ4v) is 4.09. The molecule has 1 aliphatic rings. The number of thioether (sulfide) groups is 1. The number of ether oxygens (including phenoxy) is 1. The third-order valence-electron chi connectivity index (χ3n) is 4.83. The van der Waals surface area contributed by atoms with Crippen LogP contribution < -0.4 is 10.2 Å². The number of hydrogen-bond donors (Lipinski definition) is 1. The van der Waals surface area contributed by atoms with Gasteiger partial charge in [0.1, 0.15) is 16.7 Å². The van der Waals surface area contributed by atoms with Crippen LogP contribution in [0.1, 0.15) is 34.8 Å². The number of anilines is 1. The molecule has 0 saturated carbocycles. The molecule has 2 heterocycles. The van der Waals surface area contributed by atoms with E-state index >= 15 is 0 Å². The van der Waals surface area contributed by atoms with Crippen LogP contribution in [0.4, 0.5) is 10.2 Å². The minimum Gasteiger partial charge on any atom is -0.379 e. The number of aryl methyl sites for hydroxylation is 1. The van der Waals surface area contributed by atoms with Crippen LogP contribution in [0.3, 0.4) is 0 Å². The Bertz CT molecular complexity index is 840.